The first-order valence-electron chi connectivity index (χ1n) is 11.8. The van der Waals surface area contributed by atoms with Crippen molar-refractivity contribution in [1.29, 1.82) is 0 Å². The highest BCUT2D eigenvalue weighted by atomic mass is 16.4. The SMILES string of the molecule is C[C@H](CCC(=O)[O-])[C@H]1CC[C@H]2[C@@H]3[C@@H](O)[C@H](O)[C@@H]4C[C@H](O)CC[C@]4(C)[C@H]3CC[C@]12C. The molecule has 0 aromatic heterocycles. The van der Waals surface area contributed by atoms with Crippen molar-refractivity contribution in [3.63, 3.8) is 0 Å². The molecule has 0 heterocycles. The molecule has 4 saturated carbocycles. The topological polar surface area (TPSA) is 101 Å². The van der Waals surface area contributed by atoms with Crippen molar-refractivity contribution in [2.24, 2.45) is 46.3 Å². The highest BCUT2D eigenvalue weighted by Gasteiger charge is 2.65. The summed E-state index contributed by atoms with van der Waals surface area (Å²) in [5, 5.41) is 43.5. The lowest BCUT2D eigenvalue weighted by Gasteiger charge is -2.63. The van der Waals surface area contributed by atoms with E-state index in [1.165, 1.54) is 0 Å². The summed E-state index contributed by atoms with van der Waals surface area (Å²) in [7, 11) is 0. The average Bonchev–Trinajstić information content (AvgIpc) is 3.02. The molecule has 0 aromatic rings. The van der Waals surface area contributed by atoms with Gasteiger partial charge in [-0.1, -0.05) is 20.8 Å². The monoisotopic (exact) mass is 407 g/mol. The standard InChI is InChI=1S/C24H40O5/c1-13(4-7-19(26)27)15-5-6-16-20-17(9-11-23(15,16)2)24(3)10-8-14(25)12-18(24)21(28)22(20)29/h13-18,20-22,25,28-29H,4-12H2,1-3H3,(H,26,27)/p-1/t13-,14-,15-,16+,17+,18+,20+,21-,22-,23-,24-/m1/s1. The highest BCUT2D eigenvalue weighted by molar-refractivity contribution is 5.64. The minimum absolute atomic E-state index is 0.0114. The second kappa shape index (κ2) is 7.49. The lowest BCUT2D eigenvalue weighted by molar-refractivity contribution is -0.306. The van der Waals surface area contributed by atoms with Crippen LogP contribution in [0.1, 0.15) is 78.6 Å². The van der Waals surface area contributed by atoms with Crippen molar-refractivity contribution in [3.05, 3.63) is 0 Å². The van der Waals surface area contributed by atoms with Crippen LogP contribution in [0, 0.1) is 46.3 Å². The Bertz CT molecular complexity index is 637. The van der Waals surface area contributed by atoms with Gasteiger partial charge < -0.3 is 25.2 Å². The highest BCUT2D eigenvalue weighted by Crippen LogP contribution is 2.68. The molecule has 4 aliphatic carbocycles. The van der Waals surface area contributed by atoms with E-state index in [9.17, 15) is 25.2 Å². The van der Waals surface area contributed by atoms with Gasteiger partial charge >= 0.3 is 0 Å². The molecule has 5 heteroatoms. The van der Waals surface area contributed by atoms with Crippen LogP contribution >= 0.6 is 0 Å². The van der Waals surface area contributed by atoms with Gasteiger partial charge in [-0.15, -0.1) is 0 Å². The molecule has 0 amide bonds. The fourth-order valence-electron chi connectivity index (χ4n) is 8.76. The number of fused-ring (bicyclic) bond motifs is 5. The number of hydrogen-bond donors (Lipinski definition) is 3. The van der Waals surface area contributed by atoms with Crippen LogP contribution in [0.3, 0.4) is 0 Å². The molecule has 3 N–H and O–H groups in total. The van der Waals surface area contributed by atoms with Crippen molar-refractivity contribution in [1.82, 2.24) is 0 Å². The van der Waals surface area contributed by atoms with Gasteiger partial charge in [0, 0.05) is 5.97 Å². The first-order valence-corrected chi connectivity index (χ1v) is 11.8. The fraction of sp³-hybridized carbons (Fsp3) is 0.958. The number of hydrogen-bond acceptors (Lipinski definition) is 5. The minimum atomic E-state index is -0.968. The van der Waals surface area contributed by atoms with E-state index in [4.69, 9.17) is 0 Å². The summed E-state index contributed by atoms with van der Waals surface area (Å²) < 4.78 is 0. The second-order valence-electron chi connectivity index (χ2n) is 11.4. The Morgan fingerprint density at radius 2 is 1.62 bits per heavy atom. The van der Waals surface area contributed by atoms with Crippen molar-refractivity contribution in [3.8, 4) is 0 Å². The fourth-order valence-corrected chi connectivity index (χ4v) is 8.76. The van der Waals surface area contributed by atoms with Crippen molar-refractivity contribution in [2.45, 2.75) is 96.9 Å². The number of carbonyl (C=O) groups is 1. The maximum absolute atomic E-state index is 11.3. The van der Waals surface area contributed by atoms with E-state index in [1.807, 2.05) is 0 Å². The summed E-state index contributed by atoms with van der Waals surface area (Å²) in [4.78, 5) is 11.0. The van der Waals surface area contributed by atoms with E-state index in [1.54, 1.807) is 0 Å². The molecule has 0 bridgehead atoms. The first-order chi connectivity index (χ1) is 13.6. The van der Waals surface area contributed by atoms with Gasteiger partial charge in [0.15, 0.2) is 0 Å². The number of carbonyl (C=O) groups excluding carboxylic acids is 1. The Morgan fingerprint density at radius 1 is 0.966 bits per heavy atom. The van der Waals surface area contributed by atoms with E-state index < -0.39 is 18.2 Å². The largest absolute Gasteiger partial charge is 0.550 e. The van der Waals surface area contributed by atoms with E-state index >= 15 is 0 Å². The molecule has 166 valence electrons. The molecule has 4 aliphatic rings. The maximum atomic E-state index is 11.3. The van der Waals surface area contributed by atoms with Crippen molar-refractivity contribution >= 4 is 5.97 Å². The zero-order valence-corrected chi connectivity index (χ0v) is 18.2. The Kier molecular flexibility index (Phi) is 5.57. The predicted octanol–water partition coefficient (Wildman–Crippen LogP) is 2.11. The lowest BCUT2D eigenvalue weighted by atomic mass is 9.43. The quantitative estimate of drug-likeness (QED) is 0.663. The van der Waals surface area contributed by atoms with Gasteiger partial charge in [0.05, 0.1) is 18.3 Å². The molecule has 4 fully saturated rings. The molecule has 11 atom stereocenters. The third-order valence-electron chi connectivity index (χ3n) is 10.3. The van der Waals surface area contributed by atoms with Crippen LogP contribution in [-0.4, -0.2) is 39.6 Å². The Morgan fingerprint density at radius 3 is 2.31 bits per heavy atom. The summed E-state index contributed by atoms with van der Waals surface area (Å²) >= 11 is 0. The Labute approximate surface area is 174 Å². The van der Waals surface area contributed by atoms with Gasteiger partial charge in [0.1, 0.15) is 0 Å². The predicted molar refractivity (Wildman–Crippen MR) is 107 cm³/mol. The third-order valence-corrected chi connectivity index (χ3v) is 10.3. The third kappa shape index (κ3) is 3.27. The molecule has 0 aliphatic heterocycles. The first kappa shape index (κ1) is 21.6. The molecule has 29 heavy (non-hydrogen) atoms. The minimum Gasteiger partial charge on any atom is -0.550 e. The van der Waals surface area contributed by atoms with Gasteiger partial charge in [0.2, 0.25) is 0 Å². The van der Waals surface area contributed by atoms with Crippen LogP contribution in [0.15, 0.2) is 0 Å². The van der Waals surface area contributed by atoms with Crippen LogP contribution in [0.2, 0.25) is 0 Å². The lowest BCUT2D eigenvalue weighted by Crippen LogP contribution is -2.64. The number of carboxylic acid groups (broad SMARTS) is 1. The second-order valence-corrected chi connectivity index (χ2v) is 11.4. The number of rotatable bonds is 4. The average molecular weight is 408 g/mol. The number of aliphatic carboxylic acids is 1. The van der Waals surface area contributed by atoms with Crippen LogP contribution in [-0.2, 0) is 4.79 Å². The molecule has 4 rings (SSSR count). The van der Waals surface area contributed by atoms with Crippen molar-refractivity contribution in [2.75, 3.05) is 0 Å². The molecule has 0 spiro atoms. The zero-order valence-electron chi connectivity index (χ0n) is 18.2. The number of aliphatic hydroxyl groups is 3. The molecular weight excluding hydrogens is 368 g/mol. The van der Waals surface area contributed by atoms with E-state index in [0.717, 1.165) is 38.5 Å². The molecule has 0 unspecified atom stereocenters. The van der Waals surface area contributed by atoms with Crippen LogP contribution in [0.5, 0.6) is 0 Å². The van der Waals surface area contributed by atoms with Crippen molar-refractivity contribution < 1.29 is 25.2 Å². The summed E-state index contributed by atoms with van der Waals surface area (Å²) in [5.74, 6) is 0.697. The van der Waals surface area contributed by atoms with Crippen LogP contribution < -0.4 is 5.11 Å². The number of carboxylic acids is 1. The van der Waals surface area contributed by atoms with E-state index in [0.29, 0.717) is 36.5 Å². The van der Waals surface area contributed by atoms with Gasteiger partial charge in [-0.05, 0) is 104 Å². The van der Waals surface area contributed by atoms with Crippen LogP contribution in [0.4, 0.5) is 0 Å². The van der Waals surface area contributed by atoms with E-state index in [2.05, 4.69) is 20.8 Å². The summed E-state index contributed by atoms with van der Waals surface area (Å²) in [6.45, 7) is 6.84. The smallest absolute Gasteiger partial charge is 0.0836 e. The van der Waals surface area contributed by atoms with Gasteiger partial charge in [-0.2, -0.15) is 0 Å². The summed E-state index contributed by atoms with van der Waals surface area (Å²) in [6, 6.07) is 0. The number of aliphatic hydroxyl groups excluding tert-OH is 3. The zero-order chi connectivity index (χ0) is 21.1. The Hall–Kier alpha value is -0.650. The molecule has 0 radical (unpaired) electrons. The summed E-state index contributed by atoms with van der Waals surface area (Å²) in [6.07, 6.45) is 5.59. The molecular formula is C24H39O5-. The molecule has 5 nitrogen and oxygen atoms in total. The van der Waals surface area contributed by atoms with Gasteiger partial charge in [0.25, 0.3) is 0 Å². The Balaban J connectivity index is 1.59. The van der Waals surface area contributed by atoms with Gasteiger partial charge in [-0.25, -0.2) is 0 Å². The maximum Gasteiger partial charge on any atom is 0.0836 e. The normalized spacial score (nSPS) is 52.9. The molecule has 0 aromatic carbocycles. The van der Waals surface area contributed by atoms with Crippen LogP contribution in [0.25, 0.3) is 0 Å². The molecule has 0 saturated heterocycles. The van der Waals surface area contributed by atoms with Gasteiger partial charge in [-0.3, -0.25) is 0 Å². The summed E-state index contributed by atoms with van der Waals surface area (Å²) in [5.41, 5.74) is 0.0904. The van der Waals surface area contributed by atoms with E-state index in [-0.39, 0.29) is 35.2 Å².